The van der Waals surface area contributed by atoms with Crippen molar-refractivity contribution in [2.24, 2.45) is 0 Å². The highest BCUT2D eigenvalue weighted by atomic mass is 16.3. The number of rotatable bonds is 6. The highest BCUT2D eigenvalue weighted by molar-refractivity contribution is 6.09. The zero-order valence-electron chi connectivity index (χ0n) is 34.6. The number of fused-ring (bicyclic) bond motifs is 8. The van der Waals surface area contributed by atoms with Crippen molar-refractivity contribution >= 4 is 43.5 Å². The number of para-hydroxylation sites is 2. The zero-order valence-corrected chi connectivity index (χ0v) is 34.6. The Hall–Kier alpha value is -8.47. The molecular weight excluding hydrogens is 779 g/mol. The molecule has 0 spiro atoms. The van der Waals surface area contributed by atoms with Crippen LogP contribution in [-0.2, 0) is 5.41 Å². The summed E-state index contributed by atoms with van der Waals surface area (Å²) in [6, 6.07) is 80.1. The predicted molar refractivity (Wildman–Crippen MR) is 261 cm³/mol. The fourth-order valence-corrected chi connectivity index (χ4v) is 10.2. The van der Waals surface area contributed by atoms with Gasteiger partial charge in [0.1, 0.15) is 11.2 Å². The van der Waals surface area contributed by atoms with Crippen LogP contribution in [0.4, 0.5) is 0 Å². The molecule has 0 N–H and O–H groups in total. The largest absolute Gasteiger partial charge is 0.455 e. The second-order valence-corrected chi connectivity index (χ2v) is 16.7. The molecule has 13 rings (SSSR count). The van der Waals surface area contributed by atoms with E-state index in [1.165, 1.54) is 55.3 Å². The molecule has 4 nitrogen and oxygen atoms in total. The van der Waals surface area contributed by atoms with Crippen LogP contribution in [0.25, 0.3) is 99.9 Å². The molecule has 0 aliphatic heterocycles. The first-order valence-corrected chi connectivity index (χ1v) is 21.7. The van der Waals surface area contributed by atoms with Gasteiger partial charge in [-0.05, 0) is 102 Å². The second-order valence-electron chi connectivity index (χ2n) is 16.7. The van der Waals surface area contributed by atoms with Gasteiger partial charge in [-0.25, -0.2) is 15.0 Å². The molecule has 298 valence electrons. The minimum Gasteiger partial charge on any atom is -0.455 e. The summed E-state index contributed by atoms with van der Waals surface area (Å²) in [5.41, 5.74) is 13.3. The summed E-state index contributed by atoms with van der Waals surface area (Å²) < 4.78 is 6.58. The average molecular weight is 816 g/mol. The topological polar surface area (TPSA) is 51.8 Å². The van der Waals surface area contributed by atoms with E-state index in [1.54, 1.807) is 0 Å². The van der Waals surface area contributed by atoms with Gasteiger partial charge in [0.15, 0.2) is 17.5 Å². The first-order chi connectivity index (χ1) is 31.7. The van der Waals surface area contributed by atoms with Crippen molar-refractivity contribution < 1.29 is 4.42 Å². The van der Waals surface area contributed by atoms with E-state index in [2.05, 4.69) is 206 Å². The number of aromatic nitrogens is 3. The third kappa shape index (κ3) is 5.59. The smallest absolute Gasteiger partial charge is 0.167 e. The van der Waals surface area contributed by atoms with Crippen molar-refractivity contribution in [1.82, 2.24) is 15.0 Å². The molecule has 12 aromatic rings. The van der Waals surface area contributed by atoms with Crippen molar-refractivity contribution in [3.63, 3.8) is 0 Å². The molecule has 10 aromatic carbocycles. The van der Waals surface area contributed by atoms with Crippen LogP contribution in [0.5, 0.6) is 0 Å². The van der Waals surface area contributed by atoms with Crippen molar-refractivity contribution in [2.75, 3.05) is 0 Å². The third-order valence-electron chi connectivity index (χ3n) is 13.2. The van der Waals surface area contributed by atoms with Gasteiger partial charge in [0.2, 0.25) is 0 Å². The van der Waals surface area contributed by atoms with Crippen LogP contribution in [0.15, 0.2) is 229 Å². The van der Waals surface area contributed by atoms with Gasteiger partial charge in [-0.3, -0.25) is 0 Å². The molecule has 64 heavy (non-hydrogen) atoms. The SMILES string of the molecule is c1ccc(C2(c3ccccc3)c3ccccc3-c3ccc(-c4nc(-c5ccc6cc(-c7ccc8ccccc8c7)ccc6c5)nc(-c5cccc6c5oc5ccccc56)n4)cc32)cc1. The normalized spacial score (nSPS) is 12.8. The van der Waals surface area contributed by atoms with Crippen LogP contribution in [0.2, 0.25) is 0 Å². The van der Waals surface area contributed by atoms with Gasteiger partial charge in [0.25, 0.3) is 0 Å². The van der Waals surface area contributed by atoms with E-state index in [4.69, 9.17) is 19.4 Å². The molecule has 0 saturated carbocycles. The molecule has 4 heteroatoms. The third-order valence-corrected chi connectivity index (χ3v) is 13.2. The Bertz CT molecular complexity index is 3760. The number of furan rings is 1. The van der Waals surface area contributed by atoms with Crippen LogP contribution >= 0.6 is 0 Å². The van der Waals surface area contributed by atoms with Gasteiger partial charge >= 0.3 is 0 Å². The van der Waals surface area contributed by atoms with Gasteiger partial charge in [-0.1, -0.05) is 188 Å². The molecule has 0 unspecified atom stereocenters. The minimum atomic E-state index is -0.562. The molecule has 2 aromatic heterocycles. The van der Waals surface area contributed by atoms with Crippen LogP contribution < -0.4 is 0 Å². The first kappa shape index (κ1) is 36.2. The summed E-state index contributed by atoms with van der Waals surface area (Å²) in [5.74, 6) is 1.74. The molecule has 0 fully saturated rings. The van der Waals surface area contributed by atoms with Gasteiger partial charge in [0.05, 0.1) is 11.0 Å². The molecule has 0 amide bonds. The van der Waals surface area contributed by atoms with E-state index < -0.39 is 5.41 Å². The lowest BCUT2D eigenvalue weighted by atomic mass is 9.67. The van der Waals surface area contributed by atoms with Crippen molar-refractivity contribution in [3.8, 4) is 56.4 Å². The highest BCUT2D eigenvalue weighted by Crippen LogP contribution is 2.56. The van der Waals surface area contributed by atoms with E-state index >= 15 is 0 Å². The molecular formula is C60H37N3O. The van der Waals surface area contributed by atoms with Gasteiger partial charge < -0.3 is 4.42 Å². The van der Waals surface area contributed by atoms with Gasteiger partial charge in [0, 0.05) is 21.9 Å². The van der Waals surface area contributed by atoms with Gasteiger partial charge in [-0.15, -0.1) is 0 Å². The van der Waals surface area contributed by atoms with E-state index in [0.29, 0.717) is 17.5 Å². The lowest BCUT2D eigenvalue weighted by molar-refractivity contribution is 0.669. The Morgan fingerprint density at radius 3 is 1.56 bits per heavy atom. The summed E-state index contributed by atoms with van der Waals surface area (Å²) in [4.78, 5) is 15.9. The summed E-state index contributed by atoms with van der Waals surface area (Å²) in [5, 5.41) is 6.80. The Kier molecular flexibility index (Phi) is 8.09. The molecule has 0 radical (unpaired) electrons. The van der Waals surface area contributed by atoms with Crippen LogP contribution in [0.1, 0.15) is 22.3 Å². The van der Waals surface area contributed by atoms with E-state index in [0.717, 1.165) is 49.4 Å². The maximum atomic E-state index is 6.58. The highest BCUT2D eigenvalue weighted by Gasteiger charge is 2.46. The average Bonchev–Trinajstić information content (AvgIpc) is 3.90. The van der Waals surface area contributed by atoms with E-state index in [1.807, 2.05) is 18.2 Å². The standard InChI is InChI=1S/C60H37N3O/c1-3-16-46(17-4-1)60(47-18-5-2-6-19-47)53-24-11-9-20-48(53)49-33-32-45(37-54(49)60)58-61-57(62-59(63-58)52-23-13-22-51-50-21-10-12-25-55(50)64-56(51)52)44-31-30-42-35-41(28-29-43(42)36-44)40-27-26-38-14-7-8-15-39(38)34-40/h1-37H. The van der Waals surface area contributed by atoms with E-state index in [9.17, 15) is 0 Å². The van der Waals surface area contributed by atoms with Crippen LogP contribution in [0, 0.1) is 0 Å². The maximum absolute atomic E-state index is 6.58. The second kappa shape index (κ2) is 14.3. The van der Waals surface area contributed by atoms with E-state index in [-0.39, 0.29) is 0 Å². The lowest BCUT2D eigenvalue weighted by Crippen LogP contribution is -2.28. The number of hydrogen-bond acceptors (Lipinski definition) is 4. The Labute approximate surface area is 369 Å². The summed E-state index contributed by atoms with van der Waals surface area (Å²) in [6.45, 7) is 0. The Morgan fingerprint density at radius 2 is 0.812 bits per heavy atom. The predicted octanol–water partition coefficient (Wildman–Crippen LogP) is 15.1. The monoisotopic (exact) mass is 815 g/mol. The number of nitrogens with zero attached hydrogens (tertiary/aromatic N) is 3. The van der Waals surface area contributed by atoms with Crippen LogP contribution in [-0.4, -0.2) is 15.0 Å². The Morgan fingerprint density at radius 1 is 0.312 bits per heavy atom. The molecule has 0 atom stereocenters. The summed E-state index contributed by atoms with van der Waals surface area (Å²) in [7, 11) is 0. The number of hydrogen-bond donors (Lipinski definition) is 0. The minimum absolute atomic E-state index is 0.553. The molecule has 0 saturated heterocycles. The summed E-state index contributed by atoms with van der Waals surface area (Å²) in [6.07, 6.45) is 0. The van der Waals surface area contributed by atoms with Gasteiger partial charge in [-0.2, -0.15) is 0 Å². The quantitative estimate of drug-likeness (QED) is 0.168. The fourth-order valence-electron chi connectivity index (χ4n) is 10.2. The zero-order chi connectivity index (χ0) is 42.2. The molecule has 0 bridgehead atoms. The van der Waals surface area contributed by atoms with Crippen LogP contribution in [0.3, 0.4) is 0 Å². The first-order valence-electron chi connectivity index (χ1n) is 21.7. The van der Waals surface area contributed by atoms with Crippen molar-refractivity contribution in [1.29, 1.82) is 0 Å². The summed E-state index contributed by atoms with van der Waals surface area (Å²) >= 11 is 0. The van der Waals surface area contributed by atoms with Crippen molar-refractivity contribution in [2.45, 2.75) is 5.41 Å². The number of benzene rings is 10. The molecule has 1 aliphatic rings. The van der Waals surface area contributed by atoms with Crippen molar-refractivity contribution in [3.05, 3.63) is 247 Å². The Balaban J connectivity index is 1.01. The lowest BCUT2D eigenvalue weighted by Gasteiger charge is -2.34. The molecule has 2 heterocycles. The maximum Gasteiger partial charge on any atom is 0.167 e. The fraction of sp³-hybridized carbons (Fsp3) is 0.0167. The molecule has 1 aliphatic carbocycles.